The van der Waals surface area contributed by atoms with E-state index in [1.165, 1.54) is 10.8 Å². The van der Waals surface area contributed by atoms with Gasteiger partial charge in [-0.2, -0.15) is 5.10 Å². The largest absolute Gasteiger partial charge is 0.385 e. The fourth-order valence-corrected chi connectivity index (χ4v) is 2.54. The third kappa shape index (κ3) is 1.40. The zero-order valence-corrected chi connectivity index (χ0v) is 10.5. The van der Waals surface area contributed by atoms with Crippen molar-refractivity contribution in [3.8, 4) is 0 Å². The minimum absolute atomic E-state index is 0.989. The van der Waals surface area contributed by atoms with Crippen LogP contribution in [0.15, 0.2) is 48.9 Å². The topological polar surface area (TPSA) is 42.2 Å². The summed E-state index contributed by atoms with van der Waals surface area (Å²) in [5, 5.41) is 11.0. The highest BCUT2D eigenvalue weighted by Gasteiger charge is 2.08. The summed E-state index contributed by atoms with van der Waals surface area (Å²) in [6.07, 6.45) is 3.58. The maximum absolute atomic E-state index is 4.48. The average Bonchev–Trinajstić information content (AvgIpc) is 2.88. The highest BCUT2D eigenvalue weighted by molar-refractivity contribution is 6.06. The Hall–Kier alpha value is -2.62. The van der Waals surface area contributed by atoms with Gasteiger partial charge in [0.1, 0.15) is 11.8 Å². The number of hydrogen-bond donors (Lipinski definition) is 1. The smallest absolute Gasteiger partial charge is 0.118 e. The summed E-state index contributed by atoms with van der Waals surface area (Å²) in [4.78, 5) is 4.48. The minimum atomic E-state index is 0.989. The molecule has 0 atom stereocenters. The van der Waals surface area contributed by atoms with E-state index in [-0.39, 0.29) is 0 Å². The van der Waals surface area contributed by atoms with E-state index >= 15 is 0 Å². The van der Waals surface area contributed by atoms with E-state index in [0.29, 0.717) is 0 Å². The molecule has 0 radical (unpaired) electrons. The van der Waals surface area contributed by atoms with Gasteiger partial charge in [-0.1, -0.05) is 24.3 Å². The standard InChI is InChI=1S/C15H12N4/c1-16-14-8-18-19-9-17-13-7-11-5-3-2-4-10(11)6-12(13)15(14)19/h2-9,16H,1H3. The normalized spacial score (nSPS) is 11.4. The molecule has 4 aromatic rings. The SMILES string of the molecule is CNc1cnn2cnc3cc4ccccc4cc3c12. The van der Waals surface area contributed by atoms with Gasteiger partial charge in [0.25, 0.3) is 0 Å². The second-order valence-corrected chi connectivity index (χ2v) is 4.56. The molecule has 2 heterocycles. The van der Waals surface area contributed by atoms with Crippen molar-refractivity contribution in [3.63, 3.8) is 0 Å². The van der Waals surface area contributed by atoms with Gasteiger partial charge in [0.05, 0.1) is 17.4 Å². The zero-order valence-electron chi connectivity index (χ0n) is 10.5. The fraction of sp³-hybridized carbons (Fsp3) is 0.0667. The lowest BCUT2D eigenvalue weighted by atomic mass is 10.1. The van der Waals surface area contributed by atoms with Gasteiger partial charge in [-0.05, 0) is 22.9 Å². The van der Waals surface area contributed by atoms with Crippen molar-refractivity contribution in [1.82, 2.24) is 14.6 Å². The van der Waals surface area contributed by atoms with Crippen molar-refractivity contribution in [2.75, 3.05) is 12.4 Å². The average molecular weight is 248 g/mol. The van der Waals surface area contributed by atoms with Crippen LogP contribution in [0.4, 0.5) is 5.69 Å². The van der Waals surface area contributed by atoms with E-state index in [0.717, 1.165) is 22.1 Å². The maximum Gasteiger partial charge on any atom is 0.118 e. The molecule has 19 heavy (non-hydrogen) atoms. The fourth-order valence-electron chi connectivity index (χ4n) is 2.54. The number of benzene rings is 2. The Morgan fingerprint density at radius 3 is 2.68 bits per heavy atom. The molecule has 0 spiro atoms. The summed E-state index contributed by atoms with van der Waals surface area (Å²) in [5.74, 6) is 0. The number of rotatable bonds is 1. The van der Waals surface area contributed by atoms with Crippen LogP contribution in [0.1, 0.15) is 0 Å². The van der Waals surface area contributed by atoms with Gasteiger partial charge in [-0.15, -0.1) is 0 Å². The van der Waals surface area contributed by atoms with Gasteiger partial charge >= 0.3 is 0 Å². The van der Waals surface area contributed by atoms with Crippen LogP contribution in [0.5, 0.6) is 0 Å². The summed E-state index contributed by atoms with van der Waals surface area (Å²) in [5.41, 5.74) is 3.07. The van der Waals surface area contributed by atoms with E-state index in [9.17, 15) is 0 Å². The zero-order chi connectivity index (χ0) is 12.8. The molecule has 0 bridgehead atoms. The highest BCUT2D eigenvalue weighted by atomic mass is 15.2. The molecule has 0 amide bonds. The number of nitrogens with zero attached hydrogens (tertiary/aromatic N) is 3. The Morgan fingerprint density at radius 2 is 1.89 bits per heavy atom. The van der Waals surface area contributed by atoms with Crippen LogP contribution >= 0.6 is 0 Å². The van der Waals surface area contributed by atoms with Gasteiger partial charge in [-0.3, -0.25) is 0 Å². The number of fused-ring (bicyclic) bond motifs is 4. The number of nitrogens with one attached hydrogen (secondary N) is 1. The summed E-state index contributed by atoms with van der Waals surface area (Å²) in [6, 6.07) is 12.6. The van der Waals surface area contributed by atoms with Gasteiger partial charge in [0.2, 0.25) is 0 Å². The highest BCUT2D eigenvalue weighted by Crippen LogP contribution is 2.28. The predicted octanol–water partition coefficient (Wildman–Crippen LogP) is 3.08. The Labute approximate surface area is 109 Å². The lowest BCUT2D eigenvalue weighted by Crippen LogP contribution is -1.93. The molecular formula is C15H12N4. The second-order valence-electron chi connectivity index (χ2n) is 4.56. The molecule has 92 valence electrons. The Kier molecular flexibility index (Phi) is 2.00. The Morgan fingerprint density at radius 1 is 1.11 bits per heavy atom. The van der Waals surface area contributed by atoms with Gasteiger partial charge in [-0.25, -0.2) is 9.50 Å². The van der Waals surface area contributed by atoms with Crippen molar-refractivity contribution in [1.29, 1.82) is 0 Å². The van der Waals surface area contributed by atoms with Crippen molar-refractivity contribution < 1.29 is 0 Å². The van der Waals surface area contributed by atoms with Crippen LogP contribution in [0.25, 0.3) is 27.2 Å². The lowest BCUT2D eigenvalue weighted by Gasteiger charge is -2.05. The summed E-state index contributed by atoms with van der Waals surface area (Å²) in [6.45, 7) is 0. The van der Waals surface area contributed by atoms with Crippen LogP contribution in [0.2, 0.25) is 0 Å². The predicted molar refractivity (Wildman–Crippen MR) is 77.5 cm³/mol. The van der Waals surface area contributed by atoms with E-state index in [2.05, 4.69) is 45.7 Å². The molecule has 4 heteroatoms. The maximum atomic E-state index is 4.48. The third-order valence-electron chi connectivity index (χ3n) is 3.49. The molecule has 2 aromatic carbocycles. The molecule has 4 nitrogen and oxygen atoms in total. The number of aromatic nitrogens is 3. The Bertz CT molecular complexity index is 908. The summed E-state index contributed by atoms with van der Waals surface area (Å²) < 4.78 is 1.81. The third-order valence-corrected chi connectivity index (χ3v) is 3.49. The molecule has 4 rings (SSSR count). The van der Waals surface area contributed by atoms with Crippen molar-refractivity contribution in [3.05, 3.63) is 48.9 Å². The van der Waals surface area contributed by atoms with E-state index in [1.807, 2.05) is 23.8 Å². The second kappa shape index (κ2) is 3.68. The van der Waals surface area contributed by atoms with E-state index in [1.54, 1.807) is 6.33 Å². The summed E-state index contributed by atoms with van der Waals surface area (Å²) in [7, 11) is 1.91. The van der Waals surface area contributed by atoms with Crippen molar-refractivity contribution >= 4 is 32.9 Å². The van der Waals surface area contributed by atoms with Crippen molar-refractivity contribution in [2.24, 2.45) is 0 Å². The van der Waals surface area contributed by atoms with Gasteiger partial charge in [0, 0.05) is 12.4 Å². The molecule has 2 aromatic heterocycles. The molecule has 0 aliphatic rings. The molecular weight excluding hydrogens is 236 g/mol. The van der Waals surface area contributed by atoms with Crippen LogP contribution in [-0.2, 0) is 0 Å². The number of hydrogen-bond acceptors (Lipinski definition) is 3. The van der Waals surface area contributed by atoms with Crippen LogP contribution in [0, 0.1) is 0 Å². The first kappa shape index (κ1) is 10.3. The van der Waals surface area contributed by atoms with Gasteiger partial charge in [0.15, 0.2) is 0 Å². The number of anilines is 1. The molecule has 1 N–H and O–H groups in total. The first-order valence-corrected chi connectivity index (χ1v) is 6.19. The van der Waals surface area contributed by atoms with E-state index < -0.39 is 0 Å². The molecule has 0 saturated carbocycles. The quantitative estimate of drug-likeness (QED) is 0.526. The van der Waals surface area contributed by atoms with Gasteiger partial charge < -0.3 is 5.32 Å². The summed E-state index contributed by atoms with van der Waals surface area (Å²) >= 11 is 0. The van der Waals surface area contributed by atoms with Crippen LogP contribution < -0.4 is 5.32 Å². The molecule has 0 aliphatic heterocycles. The van der Waals surface area contributed by atoms with Crippen molar-refractivity contribution in [2.45, 2.75) is 0 Å². The van der Waals surface area contributed by atoms with Crippen LogP contribution in [-0.4, -0.2) is 21.6 Å². The Balaban J connectivity index is 2.24. The first-order valence-electron chi connectivity index (χ1n) is 6.19. The molecule has 0 saturated heterocycles. The lowest BCUT2D eigenvalue weighted by molar-refractivity contribution is 0.934. The first-order chi connectivity index (χ1) is 9.36. The molecule has 0 fully saturated rings. The monoisotopic (exact) mass is 248 g/mol. The molecule has 0 unspecified atom stereocenters. The minimum Gasteiger partial charge on any atom is -0.385 e. The van der Waals surface area contributed by atoms with Crippen LogP contribution in [0.3, 0.4) is 0 Å². The van der Waals surface area contributed by atoms with E-state index in [4.69, 9.17) is 0 Å². The molecule has 0 aliphatic carbocycles.